The quantitative estimate of drug-likeness (QED) is 0.417. The SMILES string of the molecule is Cc1c(C(=O)O)sc2nc(/C(=C/c3ccc(N4CCOCC4)cc3)c3ccccc3)[nH]c(=O)c12. The van der Waals surface area contributed by atoms with Gasteiger partial charge in [-0.3, -0.25) is 4.79 Å². The Labute approximate surface area is 200 Å². The third-order valence-corrected chi connectivity index (χ3v) is 7.09. The Hall–Kier alpha value is -3.75. The summed E-state index contributed by atoms with van der Waals surface area (Å²) in [5.41, 5.74) is 3.86. The van der Waals surface area contributed by atoms with Crippen molar-refractivity contribution in [1.82, 2.24) is 9.97 Å². The molecule has 34 heavy (non-hydrogen) atoms. The molecule has 2 N–H and O–H groups in total. The number of ether oxygens (including phenoxy) is 1. The number of carboxylic acid groups (broad SMARTS) is 1. The number of carboxylic acids is 1. The number of aromatic carboxylic acids is 1. The van der Waals surface area contributed by atoms with Crippen molar-refractivity contribution in [1.29, 1.82) is 0 Å². The lowest BCUT2D eigenvalue weighted by Gasteiger charge is -2.28. The summed E-state index contributed by atoms with van der Waals surface area (Å²) < 4.78 is 5.44. The van der Waals surface area contributed by atoms with Crippen LogP contribution in [0.1, 0.15) is 32.2 Å². The maximum Gasteiger partial charge on any atom is 0.346 e. The lowest BCUT2D eigenvalue weighted by Crippen LogP contribution is -2.36. The Balaban J connectivity index is 1.60. The van der Waals surface area contributed by atoms with Gasteiger partial charge in [0.1, 0.15) is 15.5 Å². The van der Waals surface area contributed by atoms with Crippen LogP contribution in [-0.4, -0.2) is 47.3 Å². The van der Waals surface area contributed by atoms with E-state index in [0.717, 1.165) is 60.0 Å². The van der Waals surface area contributed by atoms with Crippen LogP contribution in [0.3, 0.4) is 0 Å². The molecule has 1 saturated heterocycles. The van der Waals surface area contributed by atoms with Crippen LogP contribution in [0.15, 0.2) is 59.4 Å². The van der Waals surface area contributed by atoms with E-state index in [2.05, 4.69) is 27.0 Å². The Bertz CT molecular complexity index is 1430. The van der Waals surface area contributed by atoms with E-state index in [9.17, 15) is 14.7 Å². The minimum absolute atomic E-state index is 0.133. The molecule has 0 atom stereocenters. The fraction of sp³-hybridized carbons (Fsp3) is 0.192. The molecule has 4 aromatic rings. The molecule has 3 heterocycles. The summed E-state index contributed by atoms with van der Waals surface area (Å²) >= 11 is 1.02. The highest BCUT2D eigenvalue weighted by atomic mass is 32.1. The molecule has 8 heteroatoms. The number of aryl methyl sites for hydroxylation is 1. The highest BCUT2D eigenvalue weighted by molar-refractivity contribution is 7.20. The van der Waals surface area contributed by atoms with Crippen molar-refractivity contribution in [2.75, 3.05) is 31.2 Å². The molecule has 0 aliphatic carbocycles. The zero-order valence-corrected chi connectivity index (χ0v) is 19.4. The molecule has 2 aromatic carbocycles. The first-order chi connectivity index (χ1) is 16.5. The van der Waals surface area contributed by atoms with Crippen molar-refractivity contribution < 1.29 is 14.6 Å². The zero-order chi connectivity index (χ0) is 23.7. The predicted octanol–water partition coefficient (Wildman–Crippen LogP) is 4.42. The average Bonchev–Trinajstić information content (AvgIpc) is 3.21. The molecule has 7 nitrogen and oxygen atoms in total. The summed E-state index contributed by atoms with van der Waals surface area (Å²) in [5, 5.41) is 9.80. The van der Waals surface area contributed by atoms with Gasteiger partial charge in [-0.05, 0) is 41.8 Å². The van der Waals surface area contributed by atoms with Gasteiger partial charge in [0.2, 0.25) is 0 Å². The van der Waals surface area contributed by atoms with Crippen LogP contribution >= 0.6 is 11.3 Å². The van der Waals surface area contributed by atoms with Gasteiger partial charge >= 0.3 is 5.97 Å². The number of H-pyrrole nitrogens is 1. The van der Waals surface area contributed by atoms with Gasteiger partial charge in [-0.2, -0.15) is 0 Å². The standard InChI is InChI=1S/C26H23N3O4S/c1-16-21-24(30)27-23(28-25(21)34-22(16)26(31)32)20(18-5-3-2-4-6-18)15-17-7-9-19(10-8-17)29-11-13-33-14-12-29/h2-10,15H,11-14H2,1H3,(H,31,32)(H,27,28,30)/b20-15+. The monoisotopic (exact) mass is 473 g/mol. The van der Waals surface area contributed by atoms with Crippen molar-refractivity contribution in [3.8, 4) is 0 Å². The molecule has 0 spiro atoms. The van der Waals surface area contributed by atoms with Crippen LogP contribution in [0, 0.1) is 6.92 Å². The molecule has 0 radical (unpaired) electrons. The summed E-state index contributed by atoms with van der Waals surface area (Å²) in [5.74, 6) is -0.653. The molecule has 1 fully saturated rings. The summed E-state index contributed by atoms with van der Waals surface area (Å²) in [6.45, 7) is 4.84. The second-order valence-corrected chi connectivity index (χ2v) is 9.07. The van der Waals surface area contributed by atoms with E-state index in [4.69, 9.17) is 4.74 Å². The highest BCUT2D eigenvalue weighted by Crippen LogP contribution is 2.30. The van der Waals surface area contributed by atoms with E-state index in [0.29, 0.717) is 21.6 Å². The van der Waals surface area contributed by atoms with Crippen molar-refractivity contribution in [3.63, 3.8) is 0 Å². The molecule has 1 aliphatic rings. The van der Waals surface area contributed by atoms with Crippen molar-refractivity contribution in [3.05, 3.63) is 92.3 Å². The second-order valence-electron chi connectivity index (χ2n) is 8.07. The van der Waals surface area contributed by atoms with Gasteiger partial charge in [0, 0.05) is 24.4 Å². The van der Waals surface area contributed by atoms with Gasteiger partial charge in [0.25, 0.3) is 5.56 Å². The van der Waals surface area contributed by atoms with Gasteiger partial charge in [-0.15, -0.1) is 11.3 Å². The van der Waals surface area contributed by atoms with Crippen LogP contribution in [0.25, 0.3) is 21.9 Å². The van der Waals surface area contributed by atoms with Gasteiger partial charge in [-0.25, -0.2) is 9.78 Å². The summed E-state index contributed by atoms with van der Waals surface area (Å²) in [7, 11) is 0. The third-order valence-electron chi connectivity index (χ3n) is 5.92. The summed E-state index contributed by atoms with van der Waals surface area (Å²) in [6, 6.07) is 18.0. The first kappa shape index (κ1) is 22.1. The van der Waals surface area contributed by atoms with E-state index in [1.807, 2.05) is 48.5 Å². The number of thiophene rings is 1. The van der Waals surface area contributed by atoms with Gasteiger partial charge in [-0.1, -0.05) is 42.5 Å². The van der Waals surface area contributed by atoms with Crippen LogP contribution in [0.4, 0.5) is 5.69 Å². The Morgan fingerprint density at radius 3 is 2.50 bits per heavy atom. The lowest BCUT2D eigenvalue weighted by atomic mass is 10.0. The number of carbonyl (C=O) groups is 1. The van der Waals surface area contributed by atoms with Crippen LogP contribution in [-0.2, 0) is 4.74 Å². The minimum atomic E-state index is -1.05. The Morgan fingerprint density at radius 1 is 1.12 bits per heavy atom. The van der Waals surface area contributed by atoms with E-state index < -0.39 is 5.97 Å². The Morgan fingerprint density at radius 2 is 1.82 bits per heavy atom. The molecule has 0 unspecified atom stereocenters. The first-order valence-electron chi connectivity index (χ1n) is 11.0. The molecule has 172 valence electrons. The molecular formula is C26H23N3O4S. The average molecular weight is 474 g/mol. The number of fused-ring (bicyclic) bond motifs is 1. The number of anilines is 1. The molecule has 2 aromatic heterocycles. The smallest absolute Gasteiger partial charge is 0.346 e. The number of rotatable bonds is 5. The highest BCUT2D eigenvalue weighted by Gasteiger charge is 2.20. The predicted molar refractivity (Wildman–Crippen MR) is 135 cm³/mol. The van der Waals surface area contributed by atoms with Crippen molar-refractivity contribution in [2.45, 2.75) is 6.92 Å². The maximum atomic E-state index is 12.9. The number of nitrogens with one attached hydrogen (secondary N) is 1. The fourth-order valence-electron chi connectivity index (χ4n) is 4.15. The topological polar surface area (TPSA) is 95.5 Å². The number of morpholine rings is 1. The van der Waals surface area contributed by atoms with Crippen molar-refractivity contribution >= 4 is 44.9 Å². The van der Waals surface area contributed by atoms with Gasteiger partial charge < -0.3 is 19.7 Å². The zero-order valence-electron chi connectivity index (χ0n) is 18.6. The Kier molecular flexibility index (Phi) is 6.00. The first-order valence-corrected chi connectivity index (χ1v) is 11.8. The number of aromatic amines is 1. The minimum Gasteiger partial charge on any atom is -0.477 e. The normalized spacial score (nSPS) is 14.5. The molecule has 0 saturated carbocycles. The lowest BCUT2D eigenvalue weighted by molar-refractivity contribution is 0.0701. The summed E-state index contributed by atoms with van der Waals surface area (Å²) in [6.07, 6.45) is 1.99. The summed E-state index contributed by atoms with van der Waals surface area (Å²) in [4.78, 5) is 34.9. The number of benzene rings is 2. The van der Waals surface area contributed by atoms with Crippen LogP contribution < -0.4 is 10.5 Å². The number of hydrogen-bond donors (Lipinski definition) is 2. The second kappa shape index (κ2) is 9.24. The van der Waals surface area contributed by atoms with Crippen LogP contribution in [0.2, 0.25) is 0 Å². The molecule has 1 aliphatic heterocycles. The van der Waals surface area contributed by atoms with E-state index in [1.54, 1.807) is 6.92 Å². The van der Waals surface area contributed by atoms with E-state index in [-0.39, 0.29) is 10.4 Å². The maximum absolute atomic E-state index is 12.9. The number of aromatic nitrogens is 2. The third kappa shape index (κ3) is 4.25. The van der Waals surface area contributed by atoms with Crippen LogP contribution in [0.5, 0.6) is 0 Å². The molecule has 0 amide bonds. The number of hydrogen-bond acceptors (Lipinski definition) is 6. The number of nitrogens with zero attached hydrogens (tertiary/aromatic N) is 2. The van der Waals surface area contributed by atoms with Crippen molar-refractivity contribution in [2.24, 2.45) is 0 Å². The fourth-order valence-corrected chi connectivity index (χ4v) is 5.17. The molecule has 0 bridgehead atoms. The molecule has 5 rings (SSSR count). The largest absolute Gasteiger partial charge is 0.477 e. The van der Waals surface area contributed by atoms with E-state index >= 15 is 0 Å². The van der Waals surface area contributed by atoms with Gasteiger partial charge in [0.05, 0.1) is 18.6 Å². The van der Waals surface area contributed by atoms with Gasteiger partial charge in [0.15, 0.2) is 0 Å². The molecular weight excluding hydrogens is 450 g/mol. The van der Waals surface area contributed by atoms with E-state index in [1.165, 1.54) is 0 Å².